The van der Waals surface area contributed by atoms with Gasteiger partial charge in [0.05, 0.1) is 5.25 Å². The van der Waals surface area contributed by atoms with E-state index < -0.39 is 16.9 Å². The van der Waals surface area contributed by atoms with E-state index in [4.69, 9.17) is 0 Å². The van der Waals surface area contributed by atoms with Gasteiger partial charge in [-0.25, -0.2) is 8.78 Å². The first-order valence-electron chi connectivity index (χ1n) is 8.86. The lowest BCUT2D eigenvalue weighted by molar-refractivity contribution is -0.126. The average Bonchev–Trinajstić information content (AvgIpc) is 2.49. The molecular weight excluding hydrogens is 328 g/mol. The van der Waals surface area contributed by atoms with E-state index in [1.54, 1.807) is 6.92 Å². The van der Waals surface area contributed by atoms with Crippen LogP contribution in [-0.2, 0) is 4.79 Å². The van der Waals surface area contributed by atoms with E-state index in [0.717, 1.165) is 67.0 Å². The van der Waals surface area contributed by atoms with Gasteiger partial charge in [0, 0.05) is 10.4 Å². The van der Waals surface area contributed by atoms with E-state index in [9.17, 15) is 13.6 Å². The summed E-state index contributed by atoms with van der Waals surface area (Å²) in [6, 6.07) is 3.37. The van der Waals surface area contributed by atoms with Crippen LogP contribution in [0.2, 0.25) is 0 Å². The molecule has 4 aliphatic carbocycles. The molecule has 5 rings (SSSR count). The summed E-state index contributed by atoms with van der Waals surface area (Å²) in [7, 11) is 0. The highest BCUT2D eigenvalue weighted by atomic mass is 32.2. The van der Waals surface area contributed by atoms with Crippen molar-refractivity contribution in [3.63, 3.8) is 0 Å². The Balaban J connectivity index is 1.43. The van der Waals surface area contributed by atoms with Crippen molar-refractivity contribution in [3.05, 3.63) is 29.8 Å². The monoisotopic (exact) mass is 351 g/mol. The Labute approximate surface area is 145 Å². The topological polar surface area (TPSA) is 29.1 Å². The molecule has 1 aromatic rings. The van der Waals surface area contributed by atoms with E-state index >= 15 is 0 Å². The lowest BCUT2D eigenvalue weighted by Crippen LogP contribution is -2.60. The number of carbonyl (C=O) groups excluding carboxylic acids is 1. The van der Waals surface area contributed by atoms with Gasteiger partial charge in [-0.15, -0.1) is 11.8 Å². The number of rotatable bonds is 4. The summed E-state index contributed by atoms with van der Waals surface area (Å²) in [4.78, 5) is 12.9. The molecule has 5 heteroatoms. The molecule has 0 unspecified atom stereocenters. The van der Waals surface area contributed by atoms with Crippen molar-refractivity contribution in [1.29, 1.82) is 0 Å². The molecule has 4 aliphatic rings. The molecule has 4 fully saturated rings. The van der Waals surface area contributed by atoms with Crippen LogP contribution >= 0.6 is 11.8 Å². The number of halogens is 2. The highest BCUT2D eigenvalue weighted by molar-refractivity contribution is 8.00. The van der Waals surface area contributed by atoms with Gasteiger partial charge in [0.15, 0.2) is 0 Å². The van der Waals surface area contributed by atoms with Gasteiger partial charge in [-0.3, -0.25) is 4.79 Å². The molecule has 2 nitrogen and oxygen atoms in total. The molecule has 4 bridgehead atoms. The summed E-state index contributed by atoms with van der Waals surface area (Å²) >= 11 is 1.09. The fourth-order valence-corrected chi connectivity index (χ4v) is 6.35. The van der Waals surface area contributed by atoms with E-state index in [1.807, 2.05) is 0 Å². The van der Waals surface area contributed by atoms with E-state index in [1.165, 1.54) is 19.3 Å². The molecule has 1 aromatic carbocycles. The second-order valence-corrected chi connectivity index (χ2v) is 9.40. The van der Waals surface area contributed by atoms with E-state index in [2.05, 4.69) is 5.32 Å². The van der Waals surface area contributed by atoms with Gasteiger partial charge in [0.1, 0.15) is 11.6 Å². The number of hydrogen-bond acceptors (Lipinski definition) is 2. The van der Waals surface area contributed by atoms with Gasteiger partial charge >= 0.3 is 0 Å². The summed E-state index contributed by atoms with van der Waals surface area (Å²) in [6.07, 6.45) is 7.26. The molecule has 24 heavy (non-hydrogen) atoms. The first kappa shape index (κ1) is 16.4. The number of thioether (sulfide) groups is 1. The number of benzene rings is 1. The molecule has 4 saturated carbocycles. The predicted molar refractivity (Wildman–Crippen MR) is 90.7 cm³/mol. The first-order chi connectivity index (χ1) is 11.4. The van der Waals surface area contributed by atoms with Gasteiger partial charge in [-0.05, 0) is 81.4 Å². The Morgan fingerprint density at radius 2 is 1.75 bits per heavy atom. The van der Waals surface area contributed by atoms with Crippen molar-refractivity contribution >= 4 is 17.7 Å². The van der Waals surface area contributed by atoms with Gasteiger partial charge in [-0.2, -0.15) is 0 Å². The molecule has 130 valence electrons. The van der Waals surface area contributed by atoms with Crippen molar-refractivity contribution in [2.45, 2.75) is 61.1 Å². The van der Waals surface area contributed by atoms with Crippen molar-refractivity contribution in [2.75, 3.05) is 0 Å². The third-order valence-electron chi connectivity index (χ3n) is 5.99. The maximum Gasteiger partial charge on any atom is 0.233 e. The zero-order valence-corrected chi connectivity index (χ0v) is 14.7. The van der Waals surface area contributed by atoms with Crippen LogP contribution in [0.25, 0.3) is 0 Å². The Morgan fingerprint density at radius 3 is 2.33 bits per heavy atom. The summed E-state index contributed by atoms with van der Waals surface area (Å²) in [5, 5.41) is 2.87. The predicted octanol–water partition coefficient (Wildman–Crippen LogP) is 4.53. The van der Waals surface area contributed by atoms with Crippen LogP contribution in [0.4, 0.5) is 8.78 Å². The number of nitrogens with one attached hydrogen (secondary N) is 1. The molecule has 1 atom stereocenters. The fourth-order valence-electron chi connectivity index (χ4n) is 5.44. The molecular formula is C19H23F2NOS. The first-order valence-corrected chi connectivity index (χ1v) is 9.74. The van der Waals surface area contributed by atoms with Crippen LogP contribution in [0.5, 0.6) is 0 Å². The summed E-state index contributed by atoms with van der Waals surface area (Å²) in [5.41, 5.74) is -0.0405. The van der Waals surface area contributed by atoms with Gasteiger partial charge in [0.2, 0.25) is 5.91 Å². The molecule has 0 aliphatic heterocycles. The summed E-state index contributed by atoms with van der Waals surface area (Å²) in [6.45, 7) is 1.77. The standard InChI is InChI=1S/C19H23F2NOS/c1-11(24-17-7-15(20)2-3-16(17)21)18(23)22-19-8-12-4-13(9-19)6-14(5-12)10-19/h2-3,7,11-14H,4-6,8-10H2,1H3,(H,22,23)/t11-,12?,13?,14?,19?/m0/s1. The second kappa shape index (κ2) is 6.01. The zero-order valence-electron chi connectivity index (χ0n) is 13.9. The Morgan fingerprint density at radius 1 is 1.17 bits per heavy atom. The molecule has 0 spiro atoms. The smallest absolute Gasteiger partial charge is 0.233 e. The maximum atomic E-state index is 13.8. The van der Waals surface area contributed by atoms with Gasteiger partial charge < -0.3 is 5.32 Å². The molecule has 1 N–H and O–H groups in total. The molecule has 1 amide bonds. The van der Waals surface area contributed by atoms with E-state index in [0.29, 0.717) is 0 Å². The van der Waals surface area contributed by atoms with Gasteiger partial charge in [-0.1, -0.05) is 0 Å². The minimum absolute atomic E-state index is 0.0405. The van der Waals surface area contributed by atoms with Crippen LogP contribution in [0, 0.1) is 29.4 Å². The average molecular weight is 351 g/mol. The van der Waals surface area contributed by atoms with Crippen molar-refractivity contribution in [2.24, 2.45) is 17.8 Å². The quantitative estimate of drug-likeness (QED) is 0.808. The van der Waals surface area contributed by atoms with E-state index in [-0.39, 0.29) is 16.3 Å². The SMILES string of the molecule is C[C@H](Sc1cc(F)ccc1F)C(=O)NC12CC3CC(CC(C3)C1)C2. The van der Waals surface area contributed by atoms with Crippen LogP contribution in [0.1, 0.15) is 45.4 Å². The highest BCUT2D eigenvalue weighted by Gasteiger charge is 2.51. The third kappa shape index (κ3) is 3.07. The molecule has 0 radical (unpaired) electrons. The normalized spacial score (nSPS) is 35.0. The van der Waals surface area contributed by atoms with Crippen LogP contribution in [0.3, 0.4) is 0 Å². The highest BCUT2D eigenvalue weighted by Crippen LogP contribution is 2.55. The van der Waals surface area contributed by atoms with Crippen LogP contribution < -0.4 is 5.32 Å². The summed E-state index contributed by atoms with van der Waals surface area (Å²) < 4.78 is 27.1. The largest absolute Gasteiger partial charge is 0.350 e. The Bertz CT molecular complexity index is 627. The minimum Gasteiger partial charge on any atom is -0.350 e. The number of carbonyl (C=O) groups is 1. The van der Waals surface area contributed by atoms with Crippen molar-refractivity contribution in [1.82, 2.24) is 5.32 Å². The van der Waals surface area contributed by atoms with Crippen molar-refractivity contribution < 1.29 is 13.6 Å². The van der Waals surface area contributed by atoms with Crippen LogP contribution in [0.15, 0.2) is 23.1 Å². The second-order valence-electron chi connectivity index (χ2n) is 8.02. The minimum atomic E-state index is -0.479. The lowest BCUT2D eigenvalue weighted by Gasteiger charge is -2.57. The zero-order chi connectivity index (χ0) is 16.9. The van der Waals surface area contributed by atoms with Crippen molar-refractivity contribution in [3.8, 4) is 0 Å². The molecule has 0 aromatic heterocycles. The molecule has 0 heterocycles. The number of hydrogen-bond donors (Lipinski definition) is 1. The fraction of sp³-hybridized carbons (Fsp3) is 0.632. The van der Waals surface area contributed by atoms with Gasteiger partial charge in [0.25, 0.3) is 0 Å². The Kier molecular flexibility index (Phi) is 4.10. The lowest BCUT2D eigenvalue weighted by atomic mass is 9.53. The summed E-state index contributed by atoms with van der Waals surface area (Å²) in [5.74, 6) is 1.29. The number of amides is 1. The Hall–Kier alpha value is -1.10. The van der Waals surface area contributed by atoms with Crippen LogP contribution in [-0.4, -0.2) is 16.7 Å². The maximum absolute atomic E-state index is 13.8. The third-order valence-corrected chi connectivity index (χ3v) is 7.13. The molecule has 0 saturated heterocycles.